The van der Waals surface area contributed by atoms with Gasteiger partial charge in [0.05, 0.1) is 6.10 Å². The predicted molar refractivity (Wildman–Crippen MR) is 73.1 cm³/mol. The van der Waals surface area contributed by atoms with E-state index >= 15 is 0 Å². The SMILES string of the molecule is Cc1ccc(C(=O)NCC2CCCCC2O)cc1O. The maximum Gasteiger partial charge on any atom is 0.251 e. The van der Waals surface area contributed by atoms with Crippen LogP contribution in [0, 0.1) is 12.8 Å². The number of nitrogens with one attached hydrogen (secondary N) is 1. The van der Waals surface area contributed by atoms with Crippen LogP contribution in [0.15, 0.2) is 18.2 Å². The molecule has 1 aromatic carbocycles. The minimum absolute atomic E-state index is 0.130. The predicted octanol–water partition coefficient (Wildman–Crippen LogP) is 1.98. The second-order valence-electron chi connectivity index (χ2n) is 5.32. The van der Waals surface area contributed by atoms with Crippen LogP contribution in [0.3, 0.4) is 0 Å². The zero-order valence-electron chi connectivity index (χ0n) is 11.2. The Morgan fingerprint density at radius 3 is 2.79 bits per heavy atom. The van der Waals surface area contributed by atoms with Crippen LogP contribution in [0.4, 0.5) is 0 Å². The molecule has 2 atom stereocenters. The standard InChI is InChI=1S/C15H21NO3/c1-10-6-7-11(8-14(10)18)15(19)16-9-12-4-2-3-5-13(12)17/h6-8,12-13,17-18H,2-5,9H2,1H3,(H,16,19). The molecule has 4 heteroatoms. The first-order valence-electron chi connectivity index (χ1n) is 6.84. The van der Waals surface area contributed by atoms with Crippen LogP contribution in [0.1, 0.15) is 41.6 Å². The molecule has 1 amide bonds. The third-order valence-corrected chi connectivity index (χ3v) is 3.87. The molecule has 0 spiro atoms. The average Bonchev–Trinajstić information content (AvgIpc) is 2.40. The molecule has 104 valence electrons. The second kappa shape index (κ2) is 6.06. The highest BCUT2D eigenvalue weighted by Gasteiger charge is 2.23. The van der Waals surface area contributed by atoms with Crippen molar-refractivity contribution < 1.29 is 15.0 Å². The second-order valence-corrected chi connectivity index (χ2v) is 5.32. The van der Waals surface area contributed by atoms with Gasteiger partial charge in [-0.2, -0.15) is 0 Å². The number of hydrogen-bond donors (Lipinski definition) is 3. The zero-order chi connectivity index (χ0) is 13.8. The van der Waals surface area contributed by atoms with E-state index in [9.17, 15) is 15.0 Å². The van der Waals surface area contributed by atoms with E-state index in [2.05, 4.69) is 5.32 Å². The van der Waals surface area contributed by atoms with Crippen LogP contribution in [0.25, 0.3) is 0 Å². The molecule has 0 radical (unpaired) electrons. The molecule has 0 aliphatic heterocycles. The molecule has 1 fully saturated rings. The molecule has 3 N–H and O–H groups in total. The van der Waals surface area contributed by atoms with E-state index in [1.807, 2.05) is 0 Å². The fourth-order valence-corrected chi connectivity index (χ4v) is 2.50. The molecule has 0 bridgehead atoms. The highest BCUT2D eigenvalue weighted by atomic mass is 16.3. The molecule has 0 aromatic heterocycles. The normalized spacial score (nSPS) is 23.1. The summed E-state index contributed by atoms with van der Waals surface area (Å²) in [5.74, 6) is 0.0789. The highest BCUT2D eigenvalue weighted by Crippen LogP contribution is 2.24. The number of aliphatic hydroxyl groups excluding tert-OH is 1. The summed E-state index contributed by atoms with van der Waals surface area (Å²) in [6.07, 6.45) is 3.66. The topological polar surface area (TPSA) is 69.6 Å². The van der Waals surface area contributed by atoms with Crippen LogP contribution in [0.2, 0.25) is 0 Å². The summed E-state index contributed by atoms with van der Waals surface area (Å²) in [5.41, 5.74) is 1.20. The summed E-state index contributed by atoms with van der Waals surface area (Å²) < 4.78 is 0. The molecule has 0 heterocycles. The number of aryl methyl sites for hydroxylation is 1. The Bertz CT molecular complexity index is 459. The molecule has 1 aliphatic carbocycles. The molecule has 4 nitrogen and oxygen atoms in total. The Hall–Kier alpha value is -1.55. The molecule has 2 rings (SSSR count). The number of phenolic OH excluding ortho intramolecular Hbond substituents is 1. The third kappa shape index (κ3) is 3.47. The van der Waals surface area contributed by atoms with Crippen molar-refractivity contribution in [1.82, 2.24) is 5.32 Å². The van der Waals surface area contributed by atoms with Gasteiger partial charge >= 0.3 is 0 Å². The molecule has 19 heavy (non-hydrogen) atoms. The zero-order valence-corrected chi connectivity index (χ0v) is 11.2. The number of hydrogen-bond acceptors (Lipinski definition) is 3. The van der Waals surface area contributed by atoms with E-state index < -0.39 is 0 Å². The third-order valence-electron chi connectivity index (χ3n) is 3.87. The van der Waals surface area contributed by atoms with Crippen LogP contribution in [-0.2, 0) is 0 Å². The van der Waals surface area contributed by atoms with Gasteiger partial charge in [0.25, 0.3) is 5.91 Å². The quantitative estimate of drug-likeness (QED) is 0.781. The molecule has 1 aliphatic rings. The lowest BCUT2D eigenvalue weighted by Crippen LogP contribution is -2.36. The van der Waals surface area contributed by atoms with E-state index in [0.717, 1.165) is 31.2 Å². The van der Waals surface area contributed by atoms with Crippen molar-refractivity contribution in [3.63, 3.8) is 0 Å². The first-order valence-corrected chi connectivity index (χ1v) is 6.84. The number of carbonyl (C=O) groups excluding carboxylic acids is 1. The van der Waals surface area contributed by atoms with Gasteiger partial charge in [0.15, 0.2) is 0 Å². The van der Waals surface area contributed by atoms with Crippen molar-refractivity contribution in [2.24, 2.45) is 5.92 Å². The lowest BCUT2D eigenvalue weighted by Gasteiger charge is -2.27. The average molecular weight is 263 g/mol. The Kier molecular flexibility index (Phi) is 4.43. The van der Waals surface area contributed by atoms with Crippen molar-refractivity contribution in [2.45, 2.75) is 38.7 Å². The first-order chi connectivity index (χ1) is 9.08. The maximum absolute atomic E-state index is 12.0. The maximum atomic E-state index is 12.0. The Morgan fingerprint density at radius 2 is 2.11 bits per heavy atom. The molecular weight excluding hydrogens is 242 g/mol. The number of rotatable bonds is 3. The highest BCUT2D eigenvalue weighted by molar-refractivity contribution is 5.94. The van der Waals surface area contributed by atoms with Crippen molar-refractivity contribution in [3.8, 4) is 5.75 Å². The summed E-state index contributed by atoms with van der Waals surface area (Å²) >= 11 is 0. The Balaban J connectivity index is 1.91. The number of benzene rings is 1. The van der Waals surface area contributed by atoms with Gasteiger partial charge in [0.1, 0.15) is 5.75 Å². The van der Waals surface area contributed by atoms with Gasteiger partial charge in [-0.1, -0.05) is 18.9 Å². The van der Waals surface area contributed by atoms with E-state index in [1.54, 1.807) is 19.1 Å². The van der Waals surface area contributed by atoms with E-state index in [0.29, 0.717) is 12.1 Å². The van der Waals surface area contributed by atoms with Gasteiger partial charge in [-0.25, -0.2) is 0 Å². The number of carbonyl (C=O) groups is 1. The Morgan fingerprint density at radius 1 is 1.37 bits per heavy atom. The molecule has 0 saturated heterocycles. The lowest BCUT2D eigenvalue weighted by atomic mass is 9.86. The van der Waals surface area contributed by atoms with Gasteiger partial charge in [0.2, 0.25) is 0 Å². The van der Waals surface area contributed by atoms with Gasteiger partial charge in [0, 0.05) is 18.0 Å². The lowest BCUT2D eigenvalue weighted by molar-refractivity contribution is 0.0663. The molecular formula is C15H21NO3. The fourth-order valence-electron chi connectivity index (χ4n) is 2.50. The Labute approximate surface area is 113 Å². The van der Waals surface area contributed by atoms with Crippen LogP contribution >= 0.6 is 0 Å². The van der Waals surface area contributed by atoms with Crippen molar-refractivity contribution in [1.29, 1.82) is 0 Å². The van der Waals surface area contributed by atoms with Gasteiger partial charge in [-0.05, 0) is 37.5 Å². The van der Waals surface area contributed by atoms with Crippen molar-refractivity contribution in [3.05, 3.63) is 29.3 Å². The van der Waals surface area contributed by atoms with Crippen LogP contribution in [0.5, 0.6) is 5.75 Å². The van der Waals surface area contributed by atoms with Crippen molar-refractivity contribution >= 4 is 5.91 Å². The van der Waals surface area contributed by atoms with E-state index in [4.69, 9.17) is 0 Å². The summed E-state index contributed by atoms with van der Waals surface area (Å²) in [4.78, 5) is 12.0. The minimum Gasteiger partial charge on any atom is -0.508 e. The van der Waals surface area contributed by atoms with E-state index in [1.165, 1.54) is 6.07 Å². The van der Waals surface area contributed by atoms with Gasteiger partial charge in [-0.3, -0.25) is 4.79 Å². The molecule has 1 aromatic rings. The summed E-state index contributed by atoms with van der Waals surface area (Å²) in [6, 6.07) is 4.89. The number of phenols is 1. The summed E-state index contributed by atoms with van der Waals surface area (Å²) in [6.45, 7) is 2.28. The summed E-state index contributed by atoms with van der Waals surface area (Å²) in [5, 5.41) is 22.3. The van der Waals surface area contributed by atoms with Crippen LogP contribution in [-0.4, -0.2) is 28.8 Å². The van der Waals surface area contributed by atoms with Crippen LogP contribution < -0.4 is 5.32 Å². The number of aromatic hydroxyl groups is 1. The van der Waals surface area contributed by atoms with E-state index in [-0.39, 0.29) is 23.7 Å². The minimum atomic E-state index is -0.305. The van der Waals surface area contributed by atoms with Crippen molar-refractivity contribution in [2.75, 3.05) is 6.54 Å². The monoisotopic (exact) mass is 263 g/mol. The smallest absolute Gasteiger partial charge is 0.251 e. The summed E-state index contributed by atoms with van der Waals surface area (Å²) in [7, 11) is 0. The number of aliphatic hydroxyl groups is 1. The largest absolute Gasteiger partial charge is 0.508 e. The molecule has 2 unspecified atom stereocenters. The fraction of sp³-hybridized carbons (Fsp3) is 0.533. The van der Waals surface area contributed by atoms with Gasteiger partial charge in [-0.15, -0.1) is 0 Å². The molecule has 1 saturated carbocycles. The number of amides is 1. The van der Waals surface area contributed by atoms with Gasteiger partial charge < -0.3 is 15.5 Å². The first kappa shape index (κ1) is 13.9.